The first-order chi connectivity index (χ1) is 11.8. The van der Waals surface area contributed by atoms with Crippen LogP contribution in [0.25, 0.3) is 0 Å². The fourth-order valence-corrected chi connectivity index (χ4v) is 2.69. The number of hydrogen-bond acceptors (Lipinski definition) is 4. The van der Waals surface area contributed by atoms with Crippen LogP contribution in [0.2, 0.25) is 0 Å². The molecule has 1 aliphatic rings. The monoisotopic (exact) mass is 343 g/mol. The molecule has 0 radical (unpaired) electrons. The lowest BCUT2D eigenvalue weighted by atomic mass is 9.93. The van der Waals surface area contributed by atoms with Gasteiger partial charge in [0.05, 0.1) is 6.04 Å². The summed E-state index contributed by atoms with van der Waals surface area (Å²) in [5.74, 6) is 0.826. The van der Waals surface area contributed by atoms with Crippen LogP contribution in [0.3, 0.4) is 0 Å². The first-order valence-corrected chi connectivity index (χ1v) is 8.38. The normalized spacial score (nSPS) is 20.3. The van der Waals surface area contributed by atoms with Gasteiger partial charge in [-0.1, -0.05) is 44.7 Å². The van der Waals surface area contributed by atoms with Crippen LogP contribution in [0.1, 0.15) is 27.7 Å². The van der Waals surface area contributed by atoms with Crippen LogP contribution in [0.4, 0.5) is 0 Å². The van der Waals surface area contributed by atoms with Gasteiger partial charge in [-0.15, -0.1) is 0 Å². The largest absolute Gasteiger partial charge is 0.478 e. The van der Waals surface area contributed by atoms with Crippen LogP contribution >= 0.6 is 0 Å². The number of rotatable bonds is 7. The van der Waals surface area contributed by atoms with Crippen molar-refractivity contribution in [2.24, 2.45) is 5.92 Å². The van der Waals surface area contributed by atoms with Gasteiger partial charge in [0.1, 0.15) is 11.5 Å². The summed E-state index contributed by atoms with van der Waals surface area (Å²) in [5, 5.41) is 0. The molecule has 1 fully saturated rings. The summed E-state index contributed by atoms with van der Waals surface area (Å²) >= 11 is 0. The summed E-state index contributed by atoms with van der Waals surface area (Å²) in [6, 6.07) is 9.05. The average molecular weight is 343 g/mol. The first kappa shape index (κ1) is 18.8. The van der Waals surface area contributed by atoms with E-state index in [1.54, 1.807) is 11.8 Å². The molecule has 2 rings (SSSR count). The number of β-lactam (4-membered cyclic amide) rings is 1. The van der Waals surface area contributed by atoms with Gasteiger partial charge in [-0.3, -0.25) is 9.59 Å². The van der Waals surface area contributed by atoms with Crippen molar-refractivity contribution in [3.8, 4) is 5.75 Å². The molecular formula is C20H25NO4. The maximum Gasteiger partial charge on any atom is 0.308 e. The summed E-state index contributed by atoms with van der Waals surface area (Å²) in [6.45, 7) is 11.7. The molecule has 1 aliphatic heterocycles. The summed E-state index contributed by atoms with van der Waals surface area (Å²) in [7, 11) is 0. The minimum atomic E-state index is -0.582. The molecule has 5 nitrogen and oxygen atoms in total. The lowest BCUT2D eigenvalue weighted by molar-refractivity contribution is -0.160. The predicted octanol–water partition coefficient (Wildman–Crippen LogP) is 3.32. The molecule has 0 N–H and O–H groups in total. The summed E-state index contributed by atoms with van der Waals surface area (Å²) in [5.41, 5.74) is 0.711. The van der Waals surface area contributed by atoms with Gasteiger partial charge in [-0.2, -0.15) is 0 Å². The number of allylic oxidation sites excluding steroid dienone is 1. The molecule has 1 saturated heterocycles. The lowest BCUT2D eigenvalue weighted by Crippen LogP contribution is -2.66. The number of nitrogens with zero attached hydrogens (tertiary/aromatic N) is 1. The van der Waals surface area contributed by atoms with E-state index in [-0.39, 0.29) is 17.7 Å². The van der Waals surface area contributed by atoms with Gasteiger partial charge in [-0.05, 0) is 30.5 Å². The van der Waals surface area contributed by atoms with Crippen LogP contribution in [-0.4, -0.2) is 35.5 Å². The number of ether oxygens (including phenoxy) is 2. The second-order valence-corrected chi connectivity index (χ2v) is 6.59. The molecule has 1 aromatic rings. The van der Waals surface area contributed by atoms with Crippen molar-refractivity contribution < 1.29 is 19.1 Å². The van der Waals surface area contributed by atoms with Gasteiger partial charge in [0, 0.05) is 13.5 Å². The van der Waals surface area contributed by atoms with Crippen molar-refractivity contribution in [2.75, 3.05) is 6.54 Å². The van der Waals surface area contributed by atoms with Gasteiger partial charge in [0.15, 0.2) is 0 Å². The second kappa shape index (κ2) is 8.01. The fraction of sp³-hybridized carbons (Fsp3) is 0.400. The molecule has 0 aromatic heterocycles. The van der Waals surface area contributed by atoms with Gasteiger partial charge >= 0.3 is 5.97 Å². The fourth-order valence-electron chi connectivity index (χ4n) is 2.69. The summed E-state index contributed by atoms with van der Waals surface area (Å²) in [4.78, 5) is 25.4. The van der Waals surface area contributed by atoms with E-state index in [0.29, 0.717) is 23.8 Å². The molecule has 0 saturated carbocycles. The molecule has 1 amide bonds. The van der Waals surface area contributed by atoms with Crippen molar-refractivity contribution in [1.29, 1.82) is 0 Å². The van der Waals surface area contributed by atoms with Crippen molar-refractivity contribution in [2.45, 2.75) is 39.8 Å². The minimum Gasteiger partial charge on any atom is -0.478 e. The predicted molar refractivity (Wildman–Crippen MR) is 95.9 cm³/mol. The molecule has 134 valence electrons. The SMILES string of the molecule is C=C(OC(C)=O)/C(C)=C/[C@H]1[C@@H](Oc2ccccc2)C(=O)N1CC(C)C. The third kappa shape index (κ3) is 4.72. The zero-order valence-corrected chi connectivity index (χ0v) is 15.2. The van der Waals surface area contributed by atoms with Crippen molar-refractivity contribution >= 4 is 11.9 Å². The highest BCUT2D eigenvalue weighted by Crippen LogP contribution is 2.29. The Labute approximate surface area is 148 Å². The standard InChI is InChI=1S/C20H25NO4/c1-13(2)12-21-18(11-14(3)15(4)24-16(5)22)19(20(21)23)25-17-9-7-6-8-10-17/h6-11,13,18-19H,4,12H2,1-3,5H3/b14-11+/t18-,19+/m0/s1. The topological polar surface area (TPSA) is 55.8 Å². The van der Waals surface area contributed by atoms with Gasteiger partial charge in [0.2, 0.25) is 6.10 Å². The molecule has 1 aromatic carbocycles. The van der Waals surface area contributed by atoms with E-state index < -0.39 is 12.1 Å². The Morgan fingerprint density at radius 1 is 1.28 bits per heavy atom. The van der Waals surface area contributed by atoms with E-state index in [1.165, 1.54) is 6.92 Å². The van der Waals surface area contributed by atoms with E-state index in [2.05, 4.69) is 20.4 Å². The van der Waals surface area contributed by atoms with Crippen molar-refractivity contribution in [3.05, 3.63) is 54.3 Å². The molecule has 2 atom stereocenters. The van der Waals surface area contributed by atoms with E-state index in [4.69, 9.17) is 9.47 Å². The van der Waals surface area contributed by atoms with Gasteiger partial charge in [-0.25, -0.2) is 0 Å². The average Bonchev–Trinajstić information content (AvgIpc) is 2.56. The van der Waals surface area contributed by atoms with Crippen LogP contribution in [-0.2, 0) is 14.3 Å². The molecule has 0 aliphatic carbocycles. The van der Waals surface area contributed by atoms with Gasteiger partial charge < -0.3 is 14.4 Å². The molecule has 0 bridgehead atoms. The quantitative estimate of drug-likeness (QED) is 0.330. The number of likely N-dealkylation sites (tertiary alicyclic amines) is 1. The third-order valence-corrected chi connectivity index (χ3v) is 3.89. The Kier molecular flexibility index (Phi) is 6.02. The lowest BCUT2D eigenvalue weighted by Gasteiger charge is -2.46. The molecule has 0 spiro atoms. The Balaban J connectivity index is 2.19. The highest BCUT2D eigenvalue weighted by molar-refractivity contribution is 5.89. The molecule has 0 unspecified atom stereocenters. The van der Waals surface area contributed by atoms with E-state index in [0.717, 1.165) is 0 Å². The summed E-state index contributed by atoms with van der Waals surface area (Å²) in [6.07, 6.45) is 1.30. The highest BCUT2D eigenvalue weighted by atomic mass is 16.5. The number of benzene rings is 1. The van der Waals surface area contributed by atoms with E-state index in [1.807, 2.05) is 36.4 Å². The first-order valence-electron chi connectivity index (χ1n) is 8.38. The van der Waals surface area contributed by atoms with Crippen LogP contribution in [0, 0.1) is 5.92 Å². The molecule has 5 heteroatoms. The van der Waals surface area contributed by atoms with Crippen molar-refractivity contribution in [1.82, 2.24) is 4.90 Å². The Morgan fingerprint density at radius 2 is 1.92 bits per heavy atom. The zero-order chi connectivity index (χ0) is 18.6. The molecule has 25 heavy (non-hydrogen) atoms. The third-order valence-electron chi connectivity index (χ3n) is 3.89. The number of carbonyl (C=O) groups is 2. The maximum atomic E-state index is 12.5. The second-order valence-electron chi connectivity index (χ2n) is 6.59. The smallest absolute Gasteiger partial charge is 0.308 e. The number of esters is 1. The Hall–Kier alpha value is -2.56. The molecule has 1 heterocycles. The maximum absolute atomic E-state index is 12.5. The Bertz CT molecular complexity index is 678. The number of amides is 1. The minimum absolute atomic E-state index is 0.0373. The number of hydrogen-bond donors (Lipinski definition) is 0. The van der Waals surface area contributed by atoms with E-state index in [9.17, 15) is 9.59 Å². The zero-order valence-electron chi connectivity index (χ0n) is 15.2. The van der Waals surface area contributed by atoms with Gasteiger partial charge in [0.25, 0.3) is 5.91 Å². The highest BCUT2D eigenvalue weighted by Gasteiger charge is 2.48. The van der Waals surface area contributed by atoms with Crippen LogP contribution in [0.5, 0.6) is 5.75 Å². The number of carbonyl (C=O) groups excluding carboxylic acids is 2. The van der Waals surface area contributed by atoms with Crippen LogP contribution in [0.15, 0.2) is 54.3 Å². The number of para-hydroxylation sites is 1. The van der Waals surface area contributed by atoms with Crippen molar-refractivity contribution in [3.63, 3.8) is 0 Å². The van der Waals surface area contributed by atoms with E-state index >= 15 is 0 Å². The van der Waals surface area contributed by atoms with Crippen LogP contribution < -0.4 is 4.74 Å². The Morgan fingerprint density at radius 3 is 2.48 bits per heavy atom. The summed E-state index contributed by atoms with van der Waals surface area (Å²) < 4.78 is 10.9. The molecular weight excluding hydrogens is 318 g/mol.